The van der Waals surface area contributed by atoms with Crippen molar-refractivity contribution in [3.05, 3.63) is 46.0 Å². The topological polar surface area (TPSA) is 26.3 Å². The van der Waals surface area contributed by atoms with E-state index in [9.17, 15) is 4.79 Å². The zero-order chi connectivity index (χ0) is 10.1. The van der Waals surface area contributed by atoms with Gasteiger partial charge in [0.15, 0.2) is 6.10 Å². The van der Waals surface area contributed by atoms with E-state index in [1.165, 1.54) is 0 Å². The number of hydrogen-bond acceptors (Lipinski definition) is 2. The van der Waals surface area contributed by atoms with E-state index in [1.807, 2.05) is 30.3 Å². The molecule has 1 aromatic carbocycles. The molecule has 0 saturated heterocycles. The molecule has 4 heteroatoms. The van der Waals surface area contributed by atoms with Crippen LogP contribution in [0.2, 0.25) is 0 Å². The van der Waals surface area contributed by atoms with Gasteiger partial charge in [-0.1, -0.05) is 53.5 Å². The first kappa shape index (κ1) is 9.56. The summed E-state index contributed by atoms with van der Waals surface area (Å²) in [7, 11) is 0. The van der Waals surface area contributed by atoms with Gasteiger partial charge in [0, 0.05) is 0 Å². The number of carbonyl (C=O) groups is 1. The van der Waals surface area contributed by atoms with Crippen LogP contribution in [0.1, 0.15) is 11.7 Å². The number of rotatable bonds is 1. The summed E-state index contributed by atoms with van der Waals surface area (Å²) in [5.74, 6) is -0.564. The van der Waals surface area contributed by atoms with E-state index in [2.05, 4.69) is 0 Å². The van der Waals surface area contributed by atoms with Crippen LogP contribution in [0, 0.1) is 0 Å². The Labute approximate surface area is 91.1 Å². The van der Waals surface area contributed by atoms with Crippen LogP contribution in [0.4, 0.5) is 0 Å². The molecular weight excluding hydrogens is 223 g/mol. The molecule has 2 nitrogen and oxygen atoms in total. The molecule has 1 aliphatic rings. The molecule has 14 heavy (non-hydrogen) atoms. The molecule has 0 fully saturated rings. The molecule has 0 amide bonds. The van der Waals surface area contributed by atoms with E-state index >= 15 is 0 Å². The normalized spacial score (nSPS) is 21.3. The molecule has 1 heterocycles. The lowest BCUT2D eigenvalue weighted by Gasteiger charge is -2.09. The number of hydrogen-bond donors (Lipinski definition) is 0. The summed E-state index contributed by atoms with van der Waals surface area (Å²) in [4.78, 5) is 11.1. The Morgan fingerprint density at radius 2 is 1.79 bits per heavy atom. The van der Waals surface area contributed by atoms with Gasteiger partial charge in [0.25, 0.3) is 0 Å². The molecule has 0 bridgehead atoms. The quantitative estimate of drug-likeness (QED) is 0.692. The van der Waals surface area contributed by atoms with Crippen molar-refractivity contribution in [2.24, 2.45) is 0 Å². The molecule has 0 unspecified atom stereocenters. The number of halogens is 2. The summed E-state index contributed by atoms with van der Waals surface area (Å²) < 4.78 is 5.00. The second-order valence-corrected chi connectivity index (χ2v) is 3.64. The standard InChI is InChI=1S/C10H6Cl2O2/c11-7-8(12)10(13)14-9(7)6-4-2-1-3-5-6/h1-5,9H/t9-/m0/s1. The van der Waals surface area contributed by atoms with Crippen LogP contribution in [-0.4, -0.2) is 5.97 Å². The van der Waals surface area contributed by atoms with Crippen LogP contribution < -0.4 is 0 Å². The van der Waals surface area contributed by atoms with Gasteiger partial charge in [-0.2, -0.15) is 0 Å². The van der Waals surface area contributed by atoms with Gasteiger partial charge in [-0.3, -0.25) is 0 Å². The highest BCUT2D eigenvalue weighted by Gasteiger charge is 2.32. The molecule has 1 atom stereocenters. The van der Waals surface area contributed by atoms with Crippen molar-refractivity contribution in [1.82, 2.24) is 0 Å². The molecular formula is C10H6Cl2O2. The number of esters is 1. The van der Waals surface area contributed by atoms with Gasteiger partial charge in [-0.05, 0) is 5.56 Å². The summed E-state index contributed by atoms with van der Waals surface area (Å²) in [6.45, 7) is 0. The number of benzene rings is 1. The third-order valence-electron chi connectivity index (χ3n) is 1.95. The average Bonchev–Trinajstić information content (AvgIpc) is 2.47. The van der Waals surface area contributed by atoms with Gasteiger partial charge in [-0.15, -0.1) is 0 Å². The first-order valence-electron chi connectivity index (χ1n) is 4.01. The third-order valence-corrected chi connectivity index (χ3v) is 2.79. The molecule has 1 aromatic rings. The minimum absolute atomic E-state index is 0.0273. The molecule has 1 aliphatic heterocycles. The van der Waals surface area contributed by atoms with Crippen molar-refractivity contribution in [2.75, 3.05) is 0 Å². The summed E-state index contributed by atoms with van der Waals surface area (Å²) in [6.07, 6.45) is -0.544. The first-order valence-corrected chi connectivity index (χ1v) is 4.77. The molecule has 2 rings (SSSR count). The largest absolute Gasteiger partial charge is 0.447 e. The predicted octanol–water partition coefficient (Wildman–Crippen LogP) is 2.97. The summed E-state index contributed by atoms with van der Waals surface area (Å²) in [5, 5.41) is 0.225. The van der Waals surface area contributed by atoms with Crippen molar-refractivity contribution < 1.29 is 9.53 Å². The van der Waals surface area contributed by atoms with E-state index in [0.29, 0.717) is 0 Å². The molecule has 0 radical (unpaired) electrons. The van der Waals surface area contributed by atoms with Crippen LogP contribution in [-0.2, 0) is 9.53 Å². The second-order valence-electron chi connectivity index (χ2n) is 2.86. The van der Waals surface area contributed by atoms with E-state index < -0.39 is 12.1 Å². The lowest BCUT2D eigenvalue weighted by Crippen LogP contribution is -2.01. The van der Waals surface area contributed by atoms with E-state index in [-0.39, 0.29) is 10.1 Å². The van der Waals surface area contributed by atoms with Crippen molar-refractivity contribution >= 4 is 29.2 Å². The summed E-state index contributed by atoms with van der Waals surface area (Å²) in [6, 6.07) is 9.23. The number of carbonyl (C=O) groups excluding carboxylic acids is 1. The molecule has 0 N–H and O–H groups in total. The average molecular weight is 229 g/mol. The molecule has 0 spiro atoms. The van der Waals surface area contributed by atoms with Crippen LogP contribution >= 0.6 is 23.2 Å². The Bertz CT molecular complexity index is 398. The van der Waals surface area contributed by atoms with Crippen molar-refractivity contribution in [1.29, 1.82) is 0 Å². The zero-order valence-corrected chi connectivity index (χ0v) is 8.55. The maximum atomic E-state index is 11.1. The molecule has 0 saturated carbocycles. The highest BCUT2D eigenvalue weighted by molar-refractivity contribution is 6.48. The lowest BCUT2D eigenvalue weighted by atomic mass is 10.1. The van der Waals surface area contributed by atoms with Crippen molar-refractivity contribution in [3.63, 3.8) is 0 Å². The van der Waals surface area contributed by atoms with E-state index in [4.69, 9.17) is 27.9 Å². The Hall–Kier alpha value is -0.990. The second kappa shape index (κ2) is 3.64. The fraction of sp³-hybridized carbons (Fsp3) is 0.100. The van der Waals surface area contributed by atoms with Crippen LogP contribution in [0.15, 0.2) is 40.4 Å². The van der Waals surface area contributed by atoms with Crippen molar-refractivity contribution in [2.45, 2.75) is 6.10 Å². The highest BCUT2D eigenvalue weighted by Crippen LogP contribution is 2.38. The molecule has 0 aromatic heterocycles. The van der Waals surface area contributed by atoms with Gasteiger partial charge in [0.2, 0.25) is 0 Å². The fourth-order valence-corrected chi connectivity index (χ4v) is 1.66. The minimum Gasteiger partial charge on any atom is -0.447 e. The smallest absolute Gasteiger partial charge is 0.352 e. The van der Waals surface area contributed by atoms with Crippen LogP contribution in [0.25, 0.3) is 0 Å². The molecule has 0 aliphatic carbocycles. The Morgan fingerprint density at radius 3 is 2.29 bits per heavy atom. The first-order chi connectivity index (χ1) is 6.70. The van der Waals surface area contributed by atoms with Crippen LogP contribution in [0.3, 0.4) is 0 Å². The van der Waals surface area contributed by atoms with Gasteiger partial charge < -0.3 is 4.74 Å². The van der Waals surface area contributed by atoms with Gasteiger partial charge >= 0.3 is 5.97 Å². The number of cyclic esters (lactones) is 1. The highest BCUT2D eigenvalue weighted by atomic mass is 35.5. The third kappa shape index (κ3) is 1.51. The molecule has 72 valence electrons. The van der Waals surface area contributed by atoms with Gasteiger partial charge in [-0.25, -0.2) is 4.79 Å². The SMILES string of the molecule is O=C1O[C@@H](c2ccccc2)C(Cl)=C1Cl. The van der Waals surface area contributed by atoms with E-state index in [0.717, 1.165) is 5.56 Å². The maximum Gasteiger partial charge on any atom is 0.352 e. The van der Waals surface area contributed by atoms with Crippen molar-refractivity contribution in [3.8, 4) is 0 Å². The monoisotopic (exact) mass is 228 g/mol. The summed E-state index contributed by atoms with van der Waals surface area (Å²) >= 11 is 11.5. The predicted molar refractivity (Wildman–Crippen MR) is 54.0 cm³/mol. The Balaban J connectivity index is 2.36. The Morgan fingerprint density at radius 1 is 1.14 bits per heavy atom. The summed E-state index contributed by atoms with van der Waals surface area (Å²) in [5.41, 5.74) is 0.821. The van der Waals surface area contributed by atoms with Gasteiger partial charge in [0.1, 0.15) is 5.03 Å². The fourth-order valence-electron chi connectivity index (χ4n) is 1.27. The Kier molecular flexibility index (Phi) is 2.48. The minimum atomic E-state index is -0.564. The maximum absolute atomic E-state index is 11.1. The van der Waals surface area contributed by atoms with E-state index in [1.54, 1.807) is 0 Å². The van der Waals surface area contributed by atoms with Crippen LogP contribution in [0.5, 0.6) is 0 Å². The lowest BCUT2D eigenvalue weighted by molar-refractivity contribution is -0.139. The van der Waals surface area contributed by atoms with Gasteiger partial charge in [0.05, 0.1) is 5.03 Å². The number of ether oxygens (including phenoxy) is 1. The zero-order valence-electron chi connectivity index (χ0n) is 7.04.